The molecule has 0 spiro atoms. The van der Waals surface area contributed by atoms with Gasteiger partial charge in [-0.25, -0.2) is 0 Å². The zero-order valence-corrected chi connectivity index (χ0v) is 13.8. The van der Waals surface area contributed by atoms with Gasteiger partial charge in [-0.3, -0.25) is 9.59 Å². The van der Waals surface area contributed by atoms with Crippen molar-refractivity contribution in [2.24, 2.45) is 0 Å². The lowest BCUT2D eigenvalue weighted by atomic mass is 10.2. The van der Waals surface area contributed by atoms with Crippen LogP contribution in [0.15, 0.2) is 54.7 Å². The van der Waals surface area contributed by atoms with Gasteiger partial charge in [0.1, 0.15) is 6.54 Å². The first-order valence-corrected chi connectivity index (χ1v) is 7.81. The lowest BCUT2D eigenvalue weighted by Crippen LogP contribution is -2.18. The number of fused-ring (bicyclic) bond motifs is 1. The molecule has 3 aromatic rings. The Morgan fingerprint density at radius 1 is 1.04 bits per heavy atom. The number of carbonyl (C=O) groups is 2. The van der Waals surface area contributed by atoms with Crippen molar-refractivity contribution in [3.8, 4) is 0 Å². The molecule has 0 fully saturated rings. The highest BCUT2D eigenvalue weighted by Crippen LogP contribution is 2.21. The molecule has 0 aliphatic heterocycles. The number of amides is 2. The molecule has 0 aliphatic rings. The summed E-state index contributed by atoms with van der Waals surface area (Å²) in [7, 11) is 0. The van der Waals surface area contributed by atoms with E-state index in [4.69, 9.17) is 11.6 Å². The summed E-state index contributed by atoms with van der Waals surface area (Å²) in [5.74, 6) is -0.318. The van der Waals surface area contributed by atoms with E-state index >= 15 is 0 Å². The first-order chi connectivity index (χ1) is 11.5. The van der Waals surface area contributed by atoms with E-state index in [2.05, 4.69) is 10.6 Å². The smallest absolute Gasteiger partial charge is 0.244 e. The second kappa shape index (κ2) is 6.76. The Bertz CT molecular complexity index is 918. The van der Waals surface area contributed by atoms with E-state index in [0.717, 1.165) is 10.9 Å². The Hall–Kier alpha value is -2.79. The van der Waals surface area contributed by atoms with Gasteiger partial charge in [-0.15, -0.1) is 0 Å². The van der Waals surface area contributed by atoms with Crippen LogP contribution in [-0.2, 0) is 16.1 Å². The van der Waals surface area contributed by atoms with E-state index in [1.54, 1.807) is 24.3 Å². The van der Waals surface area contributed by atoms with Crippen LogP contribution in [0, 0.1) is 0 Å². The van der Waals surface area contributed by atoms with Crippen LogP contribution in [-0.4, -0.2) is 16.4 Å². The maximum absolute atomic E-state index is 12.3. The summed E-state index contributed by atoms with van der Waals surface area (Å²) in [5.41, 5.74) is 2.17. The monoisotopic (exact) mass is 341 g/mol. The van der Waals surface area contributed by atoms with Crippen molar-refractivity contribution in [2.75, 3.05) is 10.6 Å². The van der Waals surface area contributed by atoms with E-state index in [1.807, 2.05) is 35.0 Å². The molecule has 24 heavy (non-hydrogen) atoms. The van der Waals surface area contributed by atoms with Gasteiger partial charge < -0.3 is 15.2 Å². The average Bonchev–Trinajstić information content (AvgIpc) is 2.89. The molecule has 2 amide bonds. The number of nitrogens with one attached hydrogen (secondary N) is 2. The average molecular weight is 342 g/mol. The molecular weight excluding hydrogens is 326 g/mol. The topological polar surface area (TPSA) is 63.1 Å². The highest BCUT2D eigenvalue weighted by molar-refractivity contribution is 6.31. The molecule has 3 rings (SSSR count). The number of anilines is 2. The van der Waals surface area contributed by atoms with Crippen LogP contribution in [0.1, 0.15) is 6.92 Å². The fourth-order valence-electron chi connectivity index (χ4n) is 2.53. The summed E-state index contributed by atoms with van der Waals surface area (Å²) in [4.78, 5) is 23.4. The van der Waals surface area contributed by atoms with Gasteiger partial charge in [0, 0.05) is 35.0 Å². The Morgan fingerprint density at radius 3 is 2.54 bits per heavy atom. The first-order valence-electron chi connectivity index (χ1n) is 7.43. The van der Waals surface area contributed by atoms with Gasteiger partial charge in [0.05, 0.1) is 0 Å². The number of benzene rings is 2. The Balaban J connectivity index is 1.73. The molecule has 0 atom stereocenters. The van der Waals surface area contributed by atoms with Gasteiger partial charge in [-0.2, -0.15) is 0 Å². The van der Waals surface area contributed by atoms with Crippen LogP contribution in [0.2, 0.25) is 5.02 Å². The zero-order chi connectivity index (χ0) is 17.1. The lowest BCUT2D eigenvalue weighted by Gasteiger charge is -2.09. The van der Waals surface area contributed by atoms with Gasteiger partial charge in [0.2, 0.25) is 11.8 Å². The molecule has 1 heterocycles. The van der Waals surface area contributed by atoms with Gasteiger partial charge >= 0.3 is 0 Å². The highest BCUT2D eigenvalue weighted by atomic mass is 35.5. The van der Waals surface area contributed by atoms with E-state index < -0.39 is 0 Å². The summed E-state index contributed by atoms with van der Waals surface area (Å²) < 4.78 is 1.84. The van der Waals surface area contributed by atoms with Crippen molar-refractivity contribution in [2.45, 2.75) is 13.5 Å². The maximum atomic E-state index is 12.3. The molecule has 0 saturated heterocycles. The van der Waals surface area contributed by atoms with Crippen LogP contribution >= 0.6 is 11.6 Å². The zero-order valence-electron chi connectivity index (χ0n) is 13.0. The molecule has 0 radical (unpaired) electrons. The molecule has 5 nitrogen and oxygen atoms in total. The number of aromatic nitrogens is 1. The van der Waals surface area contributed by atoms with Crippen LogP contribution in [0.3, 0.4) is 0 Å². The summed E-state index contributed by atoms with van der Waals surface area (Å²) >= 11 is 6.02. The Morgan fingerprint density at radius 2 is 1.79 bits per heavy atom. The van der Waals surface area contributed by atoms with Crippen molar-refractivity contribution in [3.05, 3.63) is 59.8 Å². The van der Waals surface area contributed by atoms with Crippen LogP contribution in [0.4, 0.5) is 11.4 Å². The predicted molar refractivity (Wildman–Crippen MR) is 96.3 cm³/mol. The van der Waals surface area contributed by atoms with Crippen molar-refractivity contribution >= 4 is 45.7 Å². The third-order valence-corrected chi connectivity index (χ3v) is 3.75. The molecule has 1 aromatic heterocycles. The summed E-state index contributed by atoms with van der Waals surface area (Å²) in [6.45, 7) is 1.61. The van der Waals surface area contributed by atoms with Crippen LogP contribution in [0.5, 0.6) is 0 Å². The number of rotatable bonds is 4. The maximum Gasteiger partial charge on any atom is 0.244 e. The SMILES string of the molecule is CC(=O)Nc1cccc(NC(=O)Cn2ccc3ccc(Cl)cc32)c1. The van der Waals surface area contributed by atoms with Crippen molar-refractivity contribution < 1.29 is 9.59 Å². The normalized spacial score (nSPS) is 10.6. The first kappa shape index (κ1) is 16.1. The van der Waals surface area contributed by atoms with Gasteiger partial charge in [-0.05, 0) is 41.8 Å². The quantitative estimate of drug-likeness (QED) is 0.756. The third kappa shape index (κ3) is 3.75. The standard InChI is InChI=1S/C18H16ClN3O2/c1-12(23)20-15-3-2-4-16(10-15)21-18(24)11-22-8-7-13-5-6-14(19)9-17(13)22/h2-10H,11H2,1H3,(H,20,23)(H,21,24). The van der Waals surface area contributed by atoms with E-state index in [0.29, 0.717) is 16.4 Å². The number of carbonyl (C=O) groups excluding carboxylic acids is 2. The van der Waals surface area contributed by atoms with Gasteiger partial charge in [0.25, 0.3) is 0 Å². The molecule has 2 aromatic carbocycles. The number of hydrogen-bond acceptors (Lipinski definition) is 2. The van der Waals surface area contributed by atoms with Gasteiger partial charge in [0.15, 0.2) is 0 Å². The number of halogens is 1. The fraction of sp³-hybridized carbons (Fsp3) is 0.111. The van der Waals surface area contributed by atoms with Crippen molar-refractivity contribution in [1.82, 2.24) is 4.57 Å². The van der Waals surface area contributed by atoms with E-state index in [-0.39, 0.29) is 18.4 Å². The minimum absolute atomic E-state index is 0.158. The Labute approximate surface area is 144 Å². The minimum atomic E-state index is -0.160. The second-order valence-corrected chi connectivity index (χ2v) is 5.89. The van der Waals surface area contributed by atoms with Crippen molar-refractivity contribution in [3.63, 3.8) is 0 Å². The molecule has 122 valence electrons. The molecule has 0 unspecified atom stereocenters. The highest BCUT2D eigenvalue weighted by Gasteiger charge is 2.08. The third-order valence-electron chi connectivity index (χ3n) is 3.52. The minimum Gasteiger partial charge on any atom is -0.338 e. The predicted octanol–water partition coefficient (Wildman–Crippen LogP) is 3.89. The summed E-state index contributed by atoms with van der Waals surface area (Å²) in [5, 5.41) is 7.17. The summed E-state index contributed by atoms with van der Waals surface area (Å²) in [6.07, 6.45) is 1.86. The largest absolute Gasteiger partial charge is 0.338 e. The number of hydrogen-bond donors (Lipinski definition) is 2. The van der Waals surface area contributed by atoms with E-state index in [9.17, 15) is 9.59 Å². The number of nitrogens with zero attached hydrogens (tertiary/aromatic N) is 1. The molecule has 2 N–H and O–H groups in total. The van der Waals surface area contributed by atoms with Gasteiger partial charge in [-0.1, -0.05) is 23.7 Å². The molecule has 0 bridgehead atoms. The van der Waals surface area contributed by atoms with E-state index in [1.165, 1.54) is 6.92 Å². The molecule has 0 aliphatic carbocycles. The summed E-state index contributed by atoms with van der Waals surface area (Å²) in [6, 6.07) is 14.5. The van der Waals surface area contributed by atoms with Crippen LogP contribution < -0.4 is 10.6 Å². The molecule has 6 heteroatoms. The van der Waals surface area contributed by atoms with Crippen molar-refractivity contribution in [1.29, 1.82) is 0 Å². The van der Waals surface area contributed by atoms with Crippen LogP contribution in [0.25, 0.3) is 10.9 Å². The lowest BCUT2D eigenvalue weighted by molar-refractivity contribution is -0.116. The fourth-order valence-corrected chi connectivity index (χ4v) is 2.69. The molecule has 0 saturated carbocycles. The Kier molecular flexibility index (Phi) is 4.53. The second-order valence-electron chi connectivity index (χ2n) is 5.46. The molecular formula is C18H16ClN3O2.